The number of ether oxygens (including phenoxy) is 3. The molecule has 0 aliphatic carbocycles. The minimum Gasteiger partial charge on any atom is -0.490 e. The first-order chi connectivity index (χ1) is 12.5. The first kappa shape index (κ1) is 20.1. The number of benzene rings is 1. The molecule has 0 bridgehead atoms. The average molecular weight is 363 g/mol. The summed E-state index contributed by atoms with van der Waals surface area (Å²) in [5.41, 5.74) is 0.337. The van der Waals surface area contributed by atoms with Crippen molar-refractivity contribution < 1.29 is 23.8 Å². The summed E-state index contributed by atoms with van der Waals surface area (Å²) in [6, 6.07) is 5.25. The highest BCUT2D eigenvalue weighted by Crippen LogP contribution is 2.29. The van der Waals surface area contributed by atoms with Crippen molar-refractivity contribution in [3.05, 3.63) is 23.8 Å². The van der Waals surface area contributed by atoms with E-state index >= 15 is 0 Å². The summed E-state index contributed by atoms with van der Waals surface area (Å²) >= 11 is 0. The number of likely N-dealkylation sites (tertiary alicyclic amines) is 1. The van der Waals surface area contributed by atoms with E-state index < -0.39 is 5.97 Å². The fourth-order valence-electron chi connectivity index (χ4n) is 3.38. The second-order valence-electron chi connectivity index (χ2n) is 6.53. The molecule has 0 aromatic heterocycles. The van der Waals surface area contributed by atoms with Gasteiger partial charge in [-0.15, -0.1) is 0 Å². The van der Waals surface area contributed by atoms with Crippen molar-refractivity contribution in [2.75, 3.05) is 19.8 Å². The van der Waals surface area contributed by atoms with Crippen molar-refractivity contribution in [3.63, 3.8) is 0 Å². The molecule has 2 atom stereocenters. The van der Waals surface area contributed by atoms with Crippen LogP contribution in [0.3, 0.4) is 0 Å². The first-order valence-electron chi connectivity index (χ1n) is 9.35. The predicted molar refractivity (Wildman–Crippen MR) is 98.7 cm³/mol. The zero-order valence-corrected chi connectivity index (χ0v) is 16.1. The number of amides is 1. The van der Waals surface area contributed by atoms with Gasteiger partial charge in [0.15, 0.2) is 18.1 Å². The Morgan fingerprint density at radius 3 is 2.27 bits per heavy atom. The van der Waals surface area contributed by atoms with Gasteiger partial charge in [0, 0.05) is 12.1 Å². The predicted octanol–water partition coefficient (Wildman–Crippen LogP) is 3.43. The van der Waals surface area contributed by atoms with Crippen molar-refractivity contribution >= 4 is 11.9 Å². The molecule has 2 rings (SSSR count). The Labute approximate surface area is 155 Å². The van der Waals surface area contributed by atoms with E-state index in [-0.39, 0.29) is 24.6 Å². The third kappa shape index (κ3) is 4.90. The number of carbonyl (C=O) groups is 2. The van der Waals surface area contributed by atoms with Crippen LogP contribution in [0.25, 0.3) is 0 Å². The van der Waals surface area contributed by atoms with Crippen LogP contribution in [0.15, 0.2) is 18.2 Å². The minimum atomic E-state index is -0.542. The lowest BCUT2D eigenvalue weighted by molar-refractivity contribution is -0.140. The molecule has 1 aliphatic rings. The topological polar surface area (TPSA) is 65.1 Å². The van der Waals surface area contributed by atoms with Crippen LogP contribution in [0.5, 0.6) is 11.5 Å². The maximum absolute atomic E-state index is 12.5. The highest BCUT2D eigenvalue weighted by molar-refractivity contribution is 5.92. The lowest BCUT2D eigenvalue weighted by Crippen LogP contribution is -2.49. The number of rotatable bonds is 7. The lowest BCUT2D eigenvalue weighted by Gasteiger charge is -2.38. The highest BCUT2D eigenvalue weighted by Gasteiger charge is 2.29. The smallest absolute Gasteiger partial charge is 0.338 e. The van der Waals surface area contributed by atoms with Gasteiger partial charge >= 0.3 is 5.97 Å². The van der Waals surface area contributed by atoms with Crippen molar-refractivity contribution in [2.24, 2.45) is 0 Å². The van der Waals surface area contributed by atoms with Gasteiger partial charge in [-0.3, -0.25) is 4.79 Å². The van der Waals surface area contributed by atoms with Crippen molar-refractivity contribution in [1.82, 2.24) is 4.90 Å². The van der Waals surface area contributed by atoms with Crippen LogP contribution in [0.4, 0.5) is 0 Å². The van der Waals surface area contributed by atoms with Gasteiger partial charge < -0.3 is 19.1 Å². The van der Waals surface area contributed by atoms with Gasteiger partial charge in [0.25, 0.3) is 5.91 Å². The molecule has 1 saturated heterocycles. The number of hydrogen-bond acceptors (Lipinski definition) is 5. The molecule has 6 heteroatoms. The molecule has 26 heavy (non-hydrogen) atoms. The summed E-state index contributed by atoms with van der Waals surface area (Å²) < 4.78 is 16.3. The van der Waals surface area contributed by atoms with Gasteiger partial charge in [-0.05, 0) is 65.2 Å². The maximum atomic E-state index is 12.5. The third-order valence-corrected chi connectivity index (χ3v) is 4.59. The molecule has 0 N–H and O–H groups in total. The Morgan fingerprint density at radius 2 is 1.65 bits per heavy atom. The van der Waals surface area contributed by atoms with E-state index in [2.05, 4.69) is 0 Å². The Balaban J connectivity index is 2.00. The van der Waals surface area contributed by atoms with Crippen LogP contribution in [-0.2, 0) is 9.53 Å². The minimum absolute atomic E-state index is 0.144. The molecule has 144 valence electrons. The van der Waals surface area contributed by atoms with Crippen molar-refractivity contribution in [2.45, 2.75) is 59.0 Å². The maximum Gasteiger partial charge on any atom is 0.338 e. The number of esters is 1. The highest BCUT2D eigenvalue weighted by atomic mass is 16.5. The van der Waals surface area contributed by atoms with Crippen LogP contribution in [-0.4, -0.2) is 48.7 Å². The number of nitrogens with zero attached hydrogens (tertiary/aromatic N) is 1. The molecule has 1 aromatic carbocycles. The van der Waals surface area contributed by atoms with E-state index in [9.17, 15) is 9.59 Å². The molecule has 6 nitrogen and oxygen atoms in total. The molecule has 1 fully saturated rings. The van der Waals surface area contributed by atoms with E-state index in [0.29, 0.717) is 30.3 Å². The van der Waals surface area contributed by atoms with Crippen LogP contribution >= 0.6 is 0 Å². The molecular weight excluding hydrogens is 334 g/mol. The number of piperidine rings is 1. The van der Waals surface area contributed by atoms with Crippen LogP contribution in [0.1, 0.15) is 57.3 Å². The second kappa shape index (κ2) is 9.46. The molecule has 1 amide bonds. The number of hydrogen-bond donors (Lipinski definition) is 0. The summed E-state index contributed by atoms with van der Waals surface area (Å²) in [5, 5.41) is 0. The van der Waals surface area contributed by atoms with Crippen molar-refractivity contribution in [1.29, 1.82) is 0 Å². The molecule has 0 spiro atoms. The summed E-state index contributed by atoms with van der Waals surface area (Å²) in [7, 11) is 0. The third-order valence-electron chi connectivity index (χ3n) is 4.59. The number of carbonyl (C=O) groups excluding carboxylic acids is 2. The van der Waals surface area contributed by atoms with Gasteiger partial charge in [0.2, 0.25) is 0 Å². The van der Waals surface area contributed by atoms with E-state index in [4.69, 9.17) is 14.2 Å². The fraction of sp³-hybridized carbons (Fsp3) is 0.600. The molecule has 1 aliphatic heterocycles. The monoisotopic (exact) mass is 363 g/mol. The first-order valence-corrected chi connectivity index (χ1v) is 9.35. The average Bonchev–Trinajstić information content (AvgIpc) is 2.61. The Morgan fingerprint density at radius 1 is 1.04 bits per heavy atom. The molecule has 1 aromatic rings. The van der Waals surface area contributed by atoms with Crippen molar-refractivity contribution in [3.8, 4) is 11.5 Å². The van der Waals surface area contributed by atoms with Gasteiger partial charge in [-0.1, -0.05) is 0 Å². The van der Waals surface area contributed by atoms with E-state index in [0.717, 1.165) is 19.3 Å². The Kier molecular flexibility index (Phi) is 7.30. The van der Waals surface area contributed by atoms with E-state index in [1.807, 2.05) is 32.6 Å². The van der Waals surface area contributed by atoms with E-state index in [1.165, 1.54) is 0 Å². The standard InChI is InChI=1S/C20H29NO5/c1-5-24-17-11-10-16(12-18(17)25-6-2)20(23)26-13-19(22)21-14(3)8-7-9-15(21)4/h10-12,14-15H,5-9,13H2,1-4H3. The fourth-order valence-corrected chi connectivity index (χ4v) is 3.38. The van der Waals surface area contributed by atoms with Crippen LogP contribution < -0.4 is 9.47 Å². The molecule has 0 saturated carbocycles. The molecule has 2 unspecified atom stereocenters. The van der Waals surface area contributed by atoms with Gasteiger partial charge in [0.05, 0.1) is 18.8 Å². The van der Waals surface area contributed by atoms with Gasteiger partial charge in [-0.25, -0.2) is 4.79 Å². The molecule has 1 heterocycles. The van der Waals surface area contributed by atoms with Crippen LogP contribution in [0.2, 0.25) is 0 Å². The summed E-state index contributed by atoms with van der Waals surface area (Å²) in [4.78, 5) is 26.6. The molecular formula is C20H29NO5. The van der Waals surface area contributed by atoms with Gasteiger partial charge in [-0.2, -0.15) is 0 Å². The quantitative estimate of drug-likeness (QED) is 0.695. The van der Waals surface area contributed by atoms with Gasteiger partial charge in [0.1, 0.15) is 0 Å². The summed E-state index contributed by atoms with van der Waals surface area (Å²) in [6.45, 7) is 8.54. The lowest BCUT2D eigenvalue weighted by atomic mass is 9.97. The Bertz CT molecular complexity index is 621. The zero-order chi connectivity index (χ0) is 19.1. The SMILES string of the molecule is CCOc1ccc(C(=O)OCC(=O)N2C(C)CCCC2C)cc1OCC. The Hall–Kier alpha value is -2.24. The largest absolute Gasteiger partial charge is 0.490 e. The summed E-state index contributed by atoms with van der Waals surface area (Å²) in [5.74, 6) is 0.389. The normalized spacial score (nSPS) is 19.8. The summed E-state index contributed by atoms with van der Waals surface area (Å²) in [6.07, 6.45) is 3.10. The second-order valence-corrected chi connectivity index (χ2v) is 6.53. The zero-order valence-electron chi connectivity index (χ0n) is 16.1. The van der Waals surface area contributed by atoms with E-state index in [1.54, 1.807) is 18.2 Å². The van der Waals surface area contributed by atoms with Crippen LogP contribution in [0, 0.1) is 0 Å². The molecule has 0 radical (unpaired) electrons.